The minimum atomic E-state index is -2.70. The lowest BCUT2D eigenvalue weighted by Gasteiger charge is -2.23. The molecule has 1 saturated carbocycles. The van der Waals surface area contributed by atoms with Gasteiger partial charge < -0.3 is 5.32 Å². The van der Waals surface area contributed by atoms with Crippen LogP contribution in [0.5, 0.6) is 0 Å². The van der Waals surface area contributed by atoms with Gasteiger partial charge in [-0.2, -0.15) is 0 Å². The van der Waals surface area contributed by atoms with Crippen LogP contribution in [0, 0.1) is 5.92 Å². The quantitative estimate of drug-likeness (QED) is 0.820. The molecule has 0 unspecified atom stereocenters. The van der Waals surface area contributed by atoms with Crippen LogP contribution in [0.25, 0.3) is 0 Å². The third-order valence-electron chi connectivity index (χ3n) is 4.01. The molecule has 94 valence electrons. The van der Waals surface area contributed by atoms with Gasteiger partial charge in [0.2, 0.25) is 0 Å². The van der Waals surface area contributed by atoms with E-state index in [0.717, 1.165) is 25.3 Å². The SMILES string of the molecule is O=S1(=O)CCC(NCCC2CCCC2)CC1. The lowest BCUT2D eigenvalue weighted by Crippen LogP contribution is -2.38. The third-order valence-corrected chi connectivity index (χ3v) is 5.73. The van der Waals surface area contributed by atoms with Crippen molar-refractivity contribution in [1.82, 2.24) is 5.32 Å². The number of hydrogen-bond donors (Lipinski definition) is 1. The summed E-state index contributed by atoms with van der Waals surface area (Å²) in [6.45, 7) is 1.08. The lowest BCUT2D eigenvalue weighted by atomic mass is 10.0. The molecule has 2 rings (SSSR count). The van der Waals surface area contributed by atoms with Crippen molar-refractivity contribution in [3.8, 4) is 0 Å². The van der Waals surface area contributed by atoms with Gasteiger partial charge in [-0.3, -0.25) is 0 Å². The van der Waals surface area contributed by atoms with E-state index in [4.69, 9.17) is 0 Å². The van der Waals surface area contributed by atoms with E-state index in [2.05, 4.69) is 5.32 Å². The highest BCUT2D eigenvalue weighted by Gasteiger charge is 2.23. The first-order chi connectivity index (χ1) is 7.66. The van der Waals surface area contributed by atoms with Crippen LogP contribution in [0.15, 0.2) is 0 Å². The maximum atomic E-state index is 11.3. The normalized spacial score (nSPS) is 27.2. The second-order valence-electron chi connectivity index (χ2n) is 5.32. The molecular weight excluding hydrogens is 222 g/mol. The molecule has 2 aliphatic rings. The average Bonchev–Trinajstić information content (AvgIpc) is 2.73. The largest absolute Gasteiger partial charge is 0.314 e. The van der Waals surface area contributed by atoms with Crippen molar-refractivity contribution in [3.63, 3.8) is 0 Å². The minimum Gasteiger partial charge on any atom is -0.314 e. The summed E-state index contributed by atoms with van der Waals surface area (Å²) < 4.78 is 22.5. The maximum Gasteiger partial charge on any atom is 0.150 e. The van der Waals surface area contributed by atoms with E-state index in [9.17, 15) is 8.42 Å². The van der Waals surface area contributed by atoms with Crippen molar-refractivity contribution in [2.45, 2.75) is 51.0 Å². The fourth-order valence-electron chi connectivity index (χ4n) is 2.88. The molecule has 0 aromatic rings. The van der Waals surface area contributed by atoms with E-state index in [1.165, 1.54) is 32.1 Å². The summed E-state index contributed by atoms with van der Waals surface area (Å²) in [6, 6.07) is 0.449. The first-order valence-corrected chi connectivity index (χ1v) is 8.42. The Balaban J connectivity index is 1.60. The molecule has 0 aromatic heterocycles. The second-order valence-corrected chi connectivity index (χ2v) is 7.62. The molecule has 0 aromatic carbocycles. The Morgan fingerprint density at radius 3 is 2.25 bits per heavy atom. The molecule has 0 amide bonds. The van der Waals surface area contributed by atoms with Crippen LogP contribution in [0.3, 0.4) is 0 Å². The molecule has 4 heteroatoms. The molecule has 0 bridgehead atoms. The van der Waals surface area contributed by atoms with Crippen LogP contribution in [-0.4, -0.2) is 32.5 Å². The molecule has 1 saturated heterocycles. The monoisotopic (exact) mass is 245 g/mol. The summed E-state index contributed by atoms with van der Waals surface area (Å²) >= 11 is 0. The van der Waals surface area contributed by atoms with Crippen LogP contribution < -0.4 is 5.32 Å². The highest BCUT2D eigenvalue weighted by atomic mass is 32.2. The standard InChI is InChI=1S/C12H23NO2S/c14-16(15)9-6-12(7-10-16)13-8-5-11-3-1-2-4-11/h11-13H,1-10H2. The molecule has 1 aliphatic carbocycles. The molecule has 1 aliphatic heterocycles. The van der Waals surface area contributed by atoms with Crippen LogP contribution in [0.1, 0.15) is 44.9 Å². The number of hydrogen-bond acceptors (Lipinski definition) is 3. The van der Waals surface area contributed by atoms with Crippen LogP contribution in [0.2, 0.25) is 0 Å². The Morgan fingerprint density at radius 2 is 1.62 bits per heavy atom. The molecule has 0 atom stereocenters. The van der Waals surface area contributed by atoms with Gasteiger partial charge >= 0.3 is 0 Å². The minimum absolute atomic E-state index is 0.383. The first kappa shape index (κ1) is 12.4. The zero-order chi connectivity index (χ0) is 11.4. The summed E-state index contributed by atoms with van der Waals surface area (Å²) in [5.74, 6) is 1.70. The zero-order valence-corrected chi connectivity index (χ0v) is 10.8. The molecule has 16 heavy (non-hydrogen) atoms. The Kier molecular flexibility index (Phi) is 4.25. The summed E-state index contributed by atoms with van der Waals surface area (Å²) in [5, 5.41) is 3.52. The Labute approximate surface area is 98.9 Å². The van der Waals surface area contributed by atoms with E-state index in [1.54, 1.807) is 0 Å². The first-order valence-electron chi connectivity index (χ1n) is 6.59. The highest BCUT2D eigenvalue weighted by Crippen LogP contribution is 2.27. The summed E-state index contributed by atoms with van der Waals surface area (Å²) in [6.07, 6.45) is 8.53. The van der Waals surface area contributed by atoms with Gasteiger partial charge in [-0.15, -0.1) is 0 Å². The smallest absolute Gasteiger partial charge is 0.150 e. The van der Waals surface area contributed by atoms with E-state index in [-0.39, 0.29) is 0 Å². The van der Waals surface area contributed by atoms with Crippen molar-refractivity contribution in [1.29, 1.82) is 0 Å². The fourth-order valence-corrected chi connectivity index (χ4v) is 4.38. The fraction of sp³-hybridized carbons (Fsp3) is 1.00. The van der Waals surface area contributed by atoms with Gasteiger partial charge in [-0.25, -0.2) is 8.42 Å². The van der Waals surface area contributed by atoms with Crippen LogP contribution in [-0.2, 0) is 9.84 Å². The Morgan fingerprint density at radius 1 is 1.00 bits per heavy atom. The number of rotatable bonds is 4. The van der Waals surface area contributed by atoms with E-state index in [0.29, 0.717) is 17.5 Å². The maximum absolute atomic E-state index is 11.3. The topological polar surface area (TPSA) is 46.2 Å². The van der Waals surface area contributed by atoms with Gasteiger partial charge in [0.15, 0.2) is 0 Å². The number of nitrogens with one attached hydrogen (secondary N) is 1. The second kappa shape index (κ2) is 5.50. The molecular formula is C12H23NO2S. The molecule has 0 radical (unpaired) electrons. The van der Waals surface area contributed by atoms with Crippen molar-refractivity contribution in [2.75, 3.05) is 18.1 Å². The average molecular weight is 245 g/mol. The molecule has 1 N–H and O–H groups in total. The van der Waals surface area contributed by atoms with Gasteiger partial charge in [0.1, 0.15) is 9.84 Å². The summed E-state index contributed by atoms with van der Waals surface area (Å²) in [7, 11) is -2.70. The van der Waals surface area contributed by atoms with Gasteiger partial charge in [0.25, 0.3) is 0 Å². The summed E-state index contributed by atoms with van der Waals surface area (Å²) in [4.78, 5) is 0. The molecule has 3 nitrogen and oxygen atoms in total. The van der Waals surface area contributed by atoms with Crippen LogP contribution >= 0.6 is 0 Å². The molecule has 2 fully saturated rings. The van der Waals surface area contributed by atoms with Gasteiger partial charge in [-0.1, -0.05) is 25.7 Å². The van der Waals surface area contributed by atoms with Gasteiger partial charge in [-0.05, 0) is 31.7 Å². The Hall–Kier alpha value is -0.0900. The van der Waals surface area contributed by atoms with Crippen molar-refractivity contribution < 1.29 is 8.42 Å². The zero-order valence-electron chi connectivity index (χ0n) is 9.95. The molecule has 1 heterocycles. The van der Waals surface area contributed by atoms with E-state index in [1.807, 2.05) is 0 Å². The lowest BCUT2D eigenvalue weighted by molar-refractivity contribution is 0.418. The van der Waals surface area contributed by atoms with Crippen molar-refractivity contribution in [2.24, 2.45) is 5.92 Å². The van der Waals surface area contributed by atoms with Gasteiger partial charge in [0, 0.05) is 6.04 Å². The van der Waals surface area contributed by atoms with Crippen molar-refractivity contribution >= 4 is 9.84 Å². The van der Waals surface area contributed by atoms with E-state index >= 15 is 0 Å². The highest BCUT2D eigenvalue weighted by molar-refractivity contribution is 7.91. The van der Waals surface area contributed by atoms with Crippen LogP contribution in [0.4, 0.5) is 0 Å². The Bertz CT molecular complexity index is 293. The molecule has 0 spiro atoms. The third kappa shape index (κ3) is 3.74. The van der Waals surface area contributed by atoms with Crippen molar-refractivity contribution in [3.05, 3.63) is 0 Å². The number of sulfone groups is 1. The van der Waals surface area contributed by atoms with Gasteiger partial charge in [0.05, 0.1) is 11.5 Å². The predicted octanol–water partition coefficient (Wildman–Crippen LogP) is 1.73. The summed E-state index contributed by atoms with van der Waals surface area (Å²) in [5.41, 5.74) is 0. The van der Waals surface area contributed by atoms with E-state index < -0.39 is 9.84 Å². The predicted molar refractivity (Wildman–Crippen MR) is 66.3 cm³/mol.